The minimum atomic E-state index is -0.989. The van der Waals surface area contributed by atoms with Crippen molar-refractivity contribution in [1.82, 2.24) is 29.7 Å². The molecule has 11 nitrogen and oxygen atoms in total. The number of carbonyl (C=O) groups is 3. The maximum atomic E-state index is 13.4. The number of likely N-dealkylation sites (N-methyl/N-ethyl adjacent to an activating group) is 1. The van der Waals surface area contributed by atoms with Crippen LogP contribution < -0.4 is 16.2 Å². The van der Waals surface area contributed by atoms with Crippen molar-refractivity contribution >= 4 is 34.4 Å². The zero-order chi connectivity index (χ0) is 30.9. The van der Waals surface area contributed by atoms with Crippen molar-refractivity contribution in [2.24, 2.45) is 5.92 Å². The van der Waals surface area contributed by atoms with Crippen molar-refractivity contribution in [2.75, 3.05) is 19.4 Å². The number of nitrogens with one attached hydrogen (secondary N) is 3. The van der Waals surface area contributed by atoms with Gasteiger partial charge in [0.25, 0.3) is 11.5 Å². The molecular formula is C32H37N7O4. The number of amides is 3. The molecule has 0 unspecified atom stereocenters. The summed E-state index contributed by atoms with van der Waals surface area (Å²) in [6.07, 6.45) is 7.60. The summed E-state index contributed by atoms with van der Waals surface area (Å²) in [6.45, 7) is 4.50. The highest BCUT2D eigenvalue weighted by molar-refractivity contribution is 6.00. The van der Waals surface area contributed by atoms with Crippen LogP contribution in [0.5, 0.6) is 0 Å². The van der Waals surface area contributed by atoms with E-state index in [1.54, 1.807) is 50.6 Å². The average Bonchev–Trinajstić information content (AvgIpc) is 3.40. The second-order valence-electron chi connectivity index (χ2n) is 10.9. The van der Waals surface area contributed by atoms with Crippen LogP contribution in [0, 0.1) is 5.92 Å². The number of aromatic nitrogens is 4. The van der Waals surface area contributed by atoms with Crippen LogP contribution in [0.3, 0.4) is 0 Å². The van der Waals surface area contributed by atoms with E-state index in [9.17, 15) is 19.2 Å². The number of fused-ring (bicyclic) bond motifs is 1. The van der Waals surface area contributed by atoms with E-state index in [2.05, 4.69) is 40.5 Å². The molecule has 0 fully saturated rings. The number of pyridine rings is 2. The number of H-pyrrole nitrogens is 1. The number of benzene rings is 1. The van der Waals surface area contributed by atoms with Gasteiger partial charge in [-0.05, 0) is 67.2 Å². The van der Waals surface area contributed by atoms with E-state index in [0.717, 1.165) is 23.0 Å². The topological polar surface area (TPSA) is 142 Å². The Morgan fingerprint density at radius 1 is 1.07 bits per heavy atom. The molecule has 3 N–H and O–H groups in total. The monoisotopic (exact) mass is 583 g/mol. The number of imidazole rings is 1. The van der Waals surface area contributed by atoms with Gasteiger partial charge in [0.05, 0.1) is 17.6 Å². The molecule has 0 bridgehead atoms. The number of hydrogen-bond acceptors (Lipinski definition) is 6. The number of para-hydroxylation sites is 1. The van der Waals surface area contributed by atoms with Crippen molar-refractivity contribution in [3.05, 3.63) is 101 Å². The van der Waals surface area contributed by atoms with Crippen LogP contribution in [0.15, 0.2) is 77.9 Å². The molecular weight excluding hydrogens is 546 g/mol. The van der Waals surface area contributed by atoms with Gasteiger partial charge in [0.15, 0.2) is 0 Å². The molecule has 3 aromatic heterocycles. The van der Waals surface area contributed by atoms with Gasteiger partial charge in [-0.1, -0.05) is 38.1 Å². The first-order chi connectivity index (χ1) is 20.6. The Bertz CT molecular complexity index is 1670. The van der Waals surface area contributed by atoms with Gasteiger partial charge in [-0.15, -0.1) is 0 Å². The molecule has 0 aliphatic carbocycles. The molecule has 11 heteroatoms. The van der Waals surface area contributed by atoms with Crippen LogP contribution in [0.2, 0.25) is 0 Å². The molecule has 1 atom stereocenters. The summed E-state index contributed by atoms with van der Waals surface area (Å²) in [6, 6.07) is 13.1. The molecule has 4 rings (SSSR count). The van der Waals surface area contributed by atoms with Crippen molar-refractivity contribution in [3.8, 4) is 0 Å². The number of carbonyl (C=O) groups excluding carboxylic acids is 3. The first-order valence-corrected chi connectivity index (χ1v) is 14.2. The predicted octanol–water partition coefficient (Wildman–Crippen LogP) is 3.53. The standard InChI is InChI=1S/C32H37N7O4/c1-21(2)19-22-11-9-14-23-29(22)37-27(34-23)20-39-18-10-15-26(32(39)43)36-31(42)25(13-5-6-16-28(40)38(3)4)35-30(41)24-12-7-8-17-33-24/h6-12,14-18,21,25H,5,13,19-20H2,1-4H3,(H,34,37)(H,35,41)(H,36,42)/b16-6+/t25-/m0/s1. The van der Waals surface area contributed by atoms with E-state index in [-0.39, 0.29) is 30.3 Å². The molecule has 4 aromatic rings. The molecule has 1 aromatic carbocycles. The third-order valence-corrected chi connectivity index (χ3v) is 6.71. The summed E-state index contributed by atoms with van der Waals surface area (Å²) in [4.78, 5) is 64.9. The Hall–Kier alpha value is -5.06. The zero-order valence-electron chi connectivity index (χ0n) is 24.8. The van der Waals surface area contributed by atoms with Gasteiger partial charge in [0.1, 0.15) is 23.2 Å². The lowest BCUT2D eigenvalue weighted by Gasteiger charge is -2.18. The van der Waals surface area contributed by atoms with E-state index in [4.69, 9.17) is 4.98 Å². The highest BCUT2D eigenvalue weighted by Crippen LogP contribution is 2.20. The summed E-state index contributed by atoms with van der Waals surface area (Å²) in [7, 11) is 3.28. The van der Waals surface area contributed by atoms with Crippen molar-refractivity contribution < 1.29 is 14.4 Å². The third-order valence-electron chi connectivity index (χ3n) is 6.71. The number of anilines is 1. The molecule has 0 aliphatic heterocycles. The van der Waals surface area contributed by atoms with E-state index >= 15 is 0 Å². The zero-order valence-corrected chi connectivity index (χ0v) is 24.8. The van der Waals surface area contributed by atoms with Gasteiger partial charge in [-0.25, -0.2) is 4.98 Å². The molecule has 0 saturated carbocycles. The lowest BCUT2D eigenvalue weighted by Crippen LogP contribution is -2.44. The van der Waals surface area contributed by atoms with Gasteiger partial charge in [-0.2, -0.15) is 0 Å². The molecule has 3 amide bonds. The van der Waals surface area contributed by atoms with Gasteiger partial charge >= 0.3 is 0 Å². The van der Waals surface area contributed by atoms with Gasteiger partial charge < -0.3 is 25.1 Å². The van der Waals surface area contributed by atoms with Crippen molar-refractivity contribution in [2.45, 2.75) is 45.7 Å². The van der Waals surface area contributed by atoms with E-state index in [1.807, 2.05) is 12.1 Å². The Balaban J connectivity index is 1.51. The largest absolute Gasteiger partial charge is 0.345 e. The first-order valence-electron chi connectivity index (χ1n) is 14.2. The maximum absolute atomic E-state index is 13.4. The summed E-state index contributed by atoms with van der Waals surface area (Å²) >= 11 is 0. The van der Waals surface area contributed by atoms with Crippen LogP contribution in [0.1, 0.15) is 48.6 Å². The smallest absolute Gasteiger partial charge is 0.274 e. The first kappa shape index (κ1) is 30.9. The molecule has 0 radical (unpaired) electrons. The third kappa shape index (κ3) is 8.25. The molecule has 224 valence electrons. The van der Waals surface area contributed by atoms with Gasteiger partial charge in [-0.3, -0.25) is 24.2 Å². The SMILES string of the molecule is CC(C)Cc1cccc2[nH]c(Cn3cccc(NC(=O)[C@H](CC/C=C/C(=O)N(C)C)NC(=O)c4ccccn4)c3=O)nc12. The Morgan fingerprint density at radius 2 is 1.88 bits per heavy atom. The lowest BCUT2D eigenvalue weighted by atomic mass is 10.0. The Morgan fingerprint density at radius 3 is 2.60 bits per heavy atom. The average molecular weight is 584 g/mol. The lowest BCUT2D eigenvalue weighted by molar-refractivity contribution is -0.123. The molecule has 3 heterocycles. The van der Waals surface area contributed by atoms with Gasteiger partial charge in [0, 0.05) is 26.5 Å². The van der Waals surface area contributed by atoms with E-state index in [1.165, 1.54) is 27.8 Å². The van der Waals surface area contributed by atoms with Gasteiger partial charge in [0.2, 0.25) is 11.8 Å². The fourth-order valence-corrected chi connectivity index (χ4v) is 4.55. The highest BCUT2D eigenvalue weighted by Gasteiger charge is 2.23. The Kier molecular flexibility index (Phi) is 10.2. The van der Waals surface area contributed by atoms with Crippen molar-refractivity contribution in [3.63, 3.8) is 0 Å². The van der Waals surface area contributed by atoms with Crippen LogP contribution >= 0.6 is 0 Å². The Labute approximate surface area is 250 Å². The summed E-state index contributed by atoms with van der Waals surface area (Å²) in [5.41, 5.74) is 2.74. The van der Waals surface area contributed by atoms with Crippen LogP contribution in [0.4, 0.5) is 5.69 Å². The molecule has 0 aliphatic rings. The summed E-state index contributed by atoms with van der Waals surface area (Å²) in [5, 5.41) is 5.39. The minimum Gasteiger partial charge on any atom is -0.345 e. The summed E-state index contributed by atoms with van der Waals surface area (Å²) < 4.78 is 1.46. The molecule has 0 spiro atoms. The number of hydrogen-bond donors (Lipinski definition) is 3. The number of allylic oxidation sites excluding steroid dienone is 1. The predicted molar refractivity (Wildman–Crippen MR) is 166 cm³/mol. The molecule has 43 heavy (non-hydrogen) atoms. The van der Waals surface area contributed by atoms with E-state index in [0.29, 0.717) is 18.2 Å². The fraction of sp³-hybridized carbons (Fsp3) is 0.312. The maximum Gasteiger partial charge on any atom is 0.274 e. The van der Waals surface area contributed by atoms with Crippen LogP contribution in [0.25, 0.3) is 11.0 Å². The quantitative estimate of drug-likeness (QED) is 0.218. The van der Waals surface area contributed by atoms with E-state index < -0.39 is 23.4 Å². The molecule has 0 saturated heterocycles. The second-order valence-corrected chi connectivity index (χ2v) is 10.9. The van der Waals surface area contributed by atoms with Crippen molar-refractivity contribution in [1.29, 1.82) is 0 Å². The number of aromatic amines is 1. The fourth-order valence-electron chi connectivity index (χ4n) is 4.55. The second kappa shape index (κ2) is 14.2. The normalized spacial score (nSPS) is 12.0. The summed E-state index contributed by atoms with van der Waals surface area (Å²) in [5.74, 6) is -0.182. The minimum absolute atomic E-state index is 0.0690. The van der Waals surface area contributed by atoms with Crippen LogP contribution in [-0.4, -0.2) is 62.3 Å². The number of rotatable bonds is 12. The number of nitrogens with zero attached hydrogens (tertiary/aromatic N) is 4. The van der Waals surface area contributed by atoms with Crippen LogP contribution in [-0.2, 0) is 22.6 Å². The highest BCUT2D eigenvalue weighted by atomic mass is 16.2.